The first kappa shape index (κ1) is 24.4. The van der Waals surface area contributed by atoms with Gasteiger partial charge in [-0.25, -0.2) is 14.6 Å². The number of amides is 1. The van der Waals surface area contributed by atoms with Gasteiger partial charge in [0.25, 0.3) is 0 Å². The average molecular weight is 495 g/mol. The van der Waals surface area contributed by atoms with Gasteiger partial charge < -0.3 is 20.1 Å². The lowest BCUT2D eigenvalue weighted by atomic mass is 9.93. The quantitative estimate of drug-likeness (QED) is 0.379. The number of ether oxygens (including phenoxy) is 1. The van der Waals surface area contributed by atoms with Gasteiger partial charge in [0.1, 0.15) is 25.9 Å². The van der Waals surface area contributed by atoms with Gasteiger partial charge in [-0.2, -0.15) is 9.61 Å². The van der Waals surface area contributed by atoms with Crippen LogP contribution in [0.4, 0.5) is 10.6 Å². The van der Waals surface area contributed by atoms with Crippen molar-refractivity contribution in [1.29, 1.82) is 0 Å². The number of aromatic nitrogens is 3. The van der Waals surface area contributed by atoms with Crippen LogP contribution in [0.3, 0.4) is 0 Å². The highest BCUT2D eigenvalue weighted by Crippen LogP contribution is 2.29. The number of hydrogen-bond acceptors (Lipinski definition) is 6. The summed E-state index contributed by atoms with van der Waals surface area (Å²) < 4.78 is 7.15. The molecule has 5 rings (SSSR count). The first-order valence-electron chi connectivity index (χ1n) is 12.1. The van der Waals surface area contributed by atoms with Crippen LogP contribution in [0.2, 0.25) is 0 Å². The third kappa shape index (κ3) is 5.58. The summed E-state index contributed by atoms with van der Waals surface area (Å²) in [6.07, 6.45) is 2.79. The van der Waals surface area contributed by atoms with Gasteiger partial charge in [-0.15, -0.1) is 0 Å². The van der Waals surface area contributed by atoms with Crippen LogP contribution in [0.25, 0.3) is 5.65 Å². The van der Waals surface area contributed by atoms with Gasteiger partial charge in [0.05, 0.1) is 5.56 Å². The maximum atomic E-state index is 12.5. The predicted molar refractivity (Wildman–Crippen MR) is 139 cm³/mol. The summed E-state index contributed by atoms with van der Waals surface area (Å²) in [5, 5.41) is 16.8. The van der Waals surface area contributed by atoms with Crippen molar-refractivity contribution in [2.24, 2.45) is 0 Å². The van der Waals surface area contributed by atoms with E-state index < -0.39 is 5.97 Å². The molecule has 0 spiro atoms. The van der Waals surface area contributed by atoms with E-state index in [9.17, 15) is 9.59 Å². The Morgan fingerprint density at radius 2 is 1.78 bits per heavy atom. The molecule has 0 bridgehead atoms. The molecule has 0 unspecified atom stereocenters. The van der Waals surface area contributed by atoms with E-state index in [1.54, 1.807) is 39.9 Å². The molecule has 0 saturated carbocycles. The minimum atomic E-state index is -0.956. The molecule has 186 valence electrons. The number of carbonyl (C=O) groups is 2. The summed E-state index contributed by atoms with van der Waals surface area (Å²) in [4.78, 5) is 30.2. The number of likely N-dealkylation sites (tertiary alicyclic amines) is 1. The molecule has 1 saturated heterocycles. The standard InChI is InChI=1S/C27H26BN5O4/c28-22-16-30-33-24(29-15-18-6-8-21(9-7-18)26(34)35)14-23(31-25(22)33)20-10-12-32(13-11-20)27(36)37-17-19-4-2-1-3-5-19/h1-9,14,16,20,29H,10-13,15,17H2,(H,34,35). The molecule has 37 heavy (non-hydrogen) atoms. The minimum Gasteiger partial charge on any atom is -0.478 e. The maximum absolute atomic E-state index is 12.5. The molecule has 1 fully saturated rings. The van der Waals surface area contributed by atoms with E-state index in [-0.39, 0.29) is 24.2 Å². The van der Waals surface area contributed by atoms with Crippen LogP contribution < -0.4 is 10.8 Å². The zero-order valence-electron chi connectivity index (χ0n) is 20.2. The smallest absolute Gasteiger partial charge is 0.410 e. The molecule has 1 amide bonds. The van der Waals surface area contributed by atoms with E-state index >= 15 is 0 Å². The summed E-state index contributed by atoms with van der Waals surface area (Å²) in [5.41, 5.74) is 4.08. The molecule has 9 nitrogen and oxygen atoms in total. The zero-order chi connectivity index (χ0) is 25.8. The highest BCUT2D eigenvalue weighted by atomic mass is 16.6. The van der Waals surface area contributed by atoms with Crippen LogP contribution in [-0.4, -0.2) is 57.6 Å². The fourth-order valence-corrected chi connectivity index (χ4v) is 4.46. The molecule has 2 aromatic heterocycles. The largest absolute Gasteiger partial charge is 0.478 e. The van der Waals surface area contributed by atoms with Gasteiger partial charge >= 0.3 is 12.1 Å². The summed E-state index contributed by atoms with van der Waals surface area (Å²) in [6, 6.07) is 18.3. The van der Waals surface area contributed by atoms with E-state index in [0.717, 1.165) is 35.5 Å². The Balaban J connectivity index is 1.25. The number of nitrogens with zero attached hydrogens (tertiary/aromatic N) is 4. The molecule has 1 aliphatic rings. The van der Waals surface area contributed by atoms with Crippen molar-refractivity contribution in [2.45, 2.75) is 31.9 Å². The Bertz CT molecular complexity index is 1400. The highest BCUT2D eigenvalue weighted by Gasteiger charge is 2.26. The second-order valence-corrected chi connectivity index (χ2v) is 9.06. The molecular formula is C27H26BN5O4. The number of fused-ring (bicyclic) bond motifs is 1. The molecule has 3 heterocycles. The van der Waals surface area contributed by atoms with Gasteiger partial charge in [-0.1, -0.05) is 42.5 Å². The number of rotatable bonds is 7. The molecule has 2 radical (unpaired) electrons. The Hall–Kier alpha value is -4.34. The molecule has 0 aliphatic carbocycles. The van der Waals surface area contributed by atoms with Crippen LogP contribution >= 0.6 is 0 Å². The lowest BCUT2D eigenvalue weighted by Crippen LogP contribution is -2.38. The van der Waals surface area contributed by atoms with Crippen LogP contribution in [0, 0.1) is 0 Å². The second kappa shape index (κ2) is 10.7. The van der Waals surface area contributed by atoms with Gasteiger partial charge in [-0.3, -0.25) is 0 Å². The summed E-state index contributed by atoms with van der Waals surface area (Å²) in [5.74, 6) is -0.0564. The molecule has 2 N–H and O–H groups in total. The third-order valence-electron chi connectivity index (χ3n) is 6.57. The fraction of sp³-hybridized carbons (Fsp3) is 0.259. The molecule has 4 aromatic rings. The Labute approximate surface area is 215 Å². The van der Waals surface area contributed by atoms with E-state index in [0.29, 0.717) is 30.7 Å². The molecule has 0 atom stereocenters. The number of benzene rings is 2. The molecule has 1 aliphatic heterocycles. The van der Waals surface area contributed by atoms with Crippen LogP contribution in [0.5, 0.6) is 0 Å². The SMILES string of the molecule is [B]c1cnn2c(NCc3ccc(C(=O)O)cc3)cc(C3CCN(C(=O)OCc4ccccc4)CC3)nc12. The highest BCUT2D eigenvalue weighted by molar-refractivity contribution is 6.36. The topological polar surface area (TPSA) is 109 Å². The first-order valence-corrected chi connectivity index (χ1v) is 12.1. The van der Waals surface area contributed by atoms with Crippen molar-refractivity contribution in [1.82, 2.24) is 19.5 Å². The van der Waals surface area contributed by atoms with Crippen molar-refractivity contribution >= 4 is 36.8 Å². The van der Waals surface area contributed by atoms with Crippen molar-refractivity contribution < 1.29 is 19.4 Å². The molecular weight excluding hydrogens is 469 g/mol. The van der Waals surface area contributed by atoms with Crippen molar-refractivity contribution in [3.8, 4) is 0 Å². The van der Waals surface area contributed by atoms with E-state index in [4.69, 9.17) is 22.7 Å². The number of carbonyl (C=O) groups excluding carboxylic acids is 1. The van der Waals surface area contributed by atoms with Crippen LogP contribution in [-0.2, 0) is 17.9 Å². The van der Waals surface area contributed by atoms with Gasteiger partial charge in [0.15, 0.2) is 0 Å². The second-order valence-electron chi connectivity index (χ2n) is 9.06. The average Bonchev–Trinajstić information content (AvgIpc) is 3.31. The molecule has 2 aromatic carbocycles. The monoisotopic (exact) mass is 495 g/mol. The number of piperidine rings is 1. The van der Waals surface area contributed by atoms with E-state index in [2.05, 4.69) is 10.4 Å². The number of anilines is 1. The van der Waals surface area contributed by atoms with Gasteiger partial charge in [0.2, 0.25) is 0 Å². The number of carboxylic acids is 1. The number of aromatic carboxylic acids is 1. The lowest BCUT2D eigenvalue weighted by molar-refractivity contribution is 0.0696. The van der Waals surface area contributed by atoms with Crippen molar-refractivity contribution in [2.75, 3.05) is 18.4 Å². The van der Waals surface area contributed by atoms with Gasteiger partial charge in [-0.05, 0) is 41.6 Å². The number of nitrogens with one attached hydrogen (secondary N) is 1. The lowest BCUT2D eigenvalue weighted by Gasteiger charge is -2.31. The van der Waals surface area contributed by atoms with Crippen LogP contribution in [0.1, 0.15) is 45.9 Å². The normalized spacial score (nSPS) is 14.0. The van der Waals surface area contributed by atoms with E-state index in [1.165, 1.54) is 0 Å². The molecule has 10 heteroatoms. The fourth-order valence-electron chi connectivity index (χ4n) is 4.46. The Kier molecular flexibility index (Phi) is 7.07. The van der Waals surface area contributed by atoms with Crippen molar-refractivity contribution in [3.63, 3.8) is 0 Å². The summed E-state index contributed by atoms with van der Waals surface area (Å²) >= 11 is 0. The summed E-state index contributed by atoms with van der Waals surface area (Å²) in [7, 11) is 6.14. The minimum absolute atomic E-state index is 0.160. The summed E-state index contributed by atoms with van der Waals surface area (Å²) in [6.45, 7) is 1.90. The van der Waals surface area contributed by atoms with Gasteiger partial charge in [0, 0.05) is 43.5 Å². The zero-order valence-corrected chi connectivity index (χ0v) is 20.2. The Morgan fingerprint density at radius 1 is 1.05 bits per heavy atom. The van der Waals surface area contributed by atoms with E-state index in [1.807, 2.05) is 36.4 Å². The maximum Gasteiger partial charge on any atom is 0.410 e. The number of hydrogen-bond donors (Lipinski definition) is 2. The van der Waals surface area contributed by atoms with Crippen LogP contribution in [0.15, 0.2) is 66.9 Å². The Morgan fingerprint density at radius 3 is 2.49 bits per heavy atom. The van der Waals surface area contributed by atoms with Crippen molar-refractivity contribution in [3.05, 3.63) is 89.2 Å². The predicted octanol–water partition coefficient (Wildman–Crippen LogP) is 3.35. The third-order valence-corrected chi connectivity index (χ3v) is 6.57. The first-order chi connectivity index (χ1) is 18.0. The number of carboxylic acid groups (broad SMARTS) is 1.